The number of halogens is 4. The van der Waals surface area contributed by atoms with E-state index in [2.05, 4.69) is 50.5 Å². The quantitative estimate of drug-likeness (QED) is 0.206. The van der Waals surface area contributed by atoms with E-state index in [0.717, 1.165) is 25.5 Å². The van der Waals surface area contributed by atoms with Crippen molar-refractivity contribution in [1.82, 2.24) is 10.2 Å². The predicted molar refractivity (Wildman–Crippen MR) is 165 cm³/mol. The number of amides is 2. The molecule has 0 unspecified atom stereocenters. The second kappa shape index (κ2) is 13.8. The number of hydrogen-bond acceptors (Lipinski definition) is 4. The molecule has 1 saturated heterocycles. The number of aliphatic carboxylic acids is 1. The van der Waals surface area contributed by atoms with E-state index in [-0.39, 0.29) is 18.9 Å². The fourth-order valence-electron chi connectivity index (χ4n) is 4.61. The normalized spacial score (nSPS) is 14.3. The molecule has 2 N–H and O–H groups in total. The number of ether oxygens (including phenoxy) is 1. The van der Waals surface area contributed by atoms with Crippen molar-refractivity contribution >= 4 is 86.2 Å². The summed E-state index contributed by atoms with van der Waals surface area (Å²) in [4.78, 5) is 40.6. The van der Waals surface area contributed by atoms with Gasteiger partial charge in [0.1, 0.15) is 23.8 Å². The van der Waals surface area contributed by atoms with Gasteiger partial charge in [-0.1, -0.05) is 43.1 Å². The van der Waals surface area contributed by atoms with Gasteiger partial charge in [0.05, 0.1) is 7.14 Å². The standard InChI is InChI=1S/C27H30Cl2I2N2O5/c1-3-27(4-2,26(37)33-10-5-6-11-33)25(36)32-22(24(34)35)14-16-12-20(30)23(21(31)13-16)38-15-17-18(28)8-7-9-19(17)29/h7-9,12-13,22H,3-6,10-11,14-15H2,1-2H3,(H,32,36)(H,34,35)/t22-/m0/s1. The molecule has 0 aliphatic carbocycles. The zero-order valence-corrected chi connectivity index (χ0v) is 27.0. The Hall–Kier alpha value is -1.31. The lowest BCUT2D eigenvalue weighted by Crippen LogP contribution is -2.55. The minimum Gasteiger partial charge on any atom is -0.487 e. The fraction of sp³-hybridized carbons (Fsp3) is 0.444. The number of rotatable bonds is 11. The summed E-state index contributed by atoms with van der Waals surface area (Å²) in [6, 6.07) is 7.73. The molecule has 11 heteroatoms. The van der Waals surface area contributed by atoms with Gasteiger partial charge in [-0.15, -0.1) is 0 Å². The van der Waals surface area contributed by atoms with Crippen molar-refractivity contribution in [2.45, 2.75) is 58.6 Å². The molecular formula is C27H30Cl2I2N2O5. The lowest BCUT2D eigenvalue weighted by Gasteiger charge is -2.34. The number of carbonyl (C=O) groups excluding carboxylic acids is 2. The lowest BCUT2D eigenvalue weighted by atomic mass is 9.79. The molecule has 3 rings (SSSR count). The van der Waals surface area contributed by atoms with E-state index in [1.165, 1.54) is 0 Å². The third kappa shape index (κ3) is 7.06. The highest BCUT2D eigenvalue weighted by Crippen LogP contribution is 2.34. The molecule has 0 aromatic heterocycles. The Morgan fingerprint density at radius 2 is 1.63 bits per heavy atom. The maximum Gasteiger partial charge on any atom is 0.326 e. The molecule has 2 amide bonds. The van der Waals surface area contributed by atoms with E-state index < -0.39 is 23.3 Å². The average Bonchev–Trinajstić information content (AvgIpc) is 3.40. The molecule has 2 aromatic rings. The molecule has 1 fully saturated rings. The number of likely N-dealkylation sites (tertiary alicyclic amines) is 1. The van der Waals surface area contributed by atoms with Gasteiger partial charge in [0.25, 0.3) is 0 Å². The average molecular weight is 787 g/mol. The number of nitrogens with one attached hydrogen (secondary N) is 1. The van der Waals surface area contributed by atoms with Gasteiger partial charge in [0, 0.05) is 35.1 Å². The molecule has 7 nitrogen and oxygen atoms in total. The predicted octanol–water partition coefficient (Wildman–Crippen LogP) is 6.32. The van der Waals surface area contributed by atoms with Crippen molar-refractivity contribution in [2.24, 2.45) is 5.41 Å². The summed E-state index contributed by atoms with van der Waals surface area (Å²) in [5.41, 5.74) is 0.122. The van der Waals surface area contributed by atoms with Crippen LogP contribution in [0.25, 0.3) is 0 Å². The van der Waals surface area contributed by atoms with Crippen LogP contribution in [-0.2, 0) is 27.4 Å². The van der Waals surface area contributed by atoms with Crippen LogP contribution in [0.2, 0.25) is 10.0 Å². The molecule has 0 saturated carbocycles. The van der Waals surface area contributed by atoms with Crippen LogP contribution in [0.15, 0.2) is 30.3 Å². The summed E-state index contributed by atoms with van der Waals surface area (Å²) in [5.74, 6) is -1.28. The number of carbonyl (C=O) groups is 3. The second-order valence-electron chi connectivity index (χ2n) is 9.23. The minimum atomic E-state index is -1.28. The van der Waals surface area contributed by atoms with E-state index >= 15 is 0 Å². The molecule has 0 radical (unpaired) electrons. The Labute approximate surface area is 260 Å². The summed E-state index contributed by atoms with van der Waals surface area (Å²) in [5, 5.41) is 13.6. The number of carboxylic acid groups (broad SMARTS) is 1. The van der Waals surface area contributed by atoms with E-state index in [1.54, 1.807) is 36.9 Å². The first-order valence-electron chi connectivity index (χ1n) is 12.4. The third-order valence-electron chi connectivity index (χ3n) is 6.97. The smallest absolute Gasteiger partial charge is 0.326 e. The zero-order chi connectivity index (χ0) is 28.0. The van der Waals surface area contributed by atoms with E-state index in [0.29, 0.717) is 47.3 Å². The van der Waals surface area contributed by atoms with Crippen molar-refractivity contribution in [3.05, 3.63) is 58.6 Å². The Morgan fingerprint density at radius 3 is 2.13 bits per heavy atom. The van der Waals surface area contributed by atoms with Crippen LogP contribution < -0.4 is 10.1 Å². The van der Waals surface area contributed by atoms with Crippen molar-refractivity contribution in [2.75, 3.05) is 13.1 Å². The fourth-order valence-corrected chi connectivity index (χ4v) is 7.32. The molecule has 1 aliphatic heterocycles. The summed E-state index contributed by atoms with van der Waals surface area (Å²) < 4.78 is 7.59. The van der Waals surface area contributed by atoms with Crippen LogP contribution in [0.3, 0.4) is 0 Å². The van der Waals surface area contributed by atoms with Gasteiger partial charge >= 0.3 is 5.97 Å². The SMILES string of the molecule is CCC(CC)(C(=O)N[C@@H](Cc1cc(I)c(OCc2c(Cl)cccc2Cl)c(I)c1)C(=O)O)C(=O)N1CCCC1. The summed E-state index contributed by atoms with van der Waals surface area (Å²) in [6.45, 7) is 5.03. The zero-order valence-electron chi connectivity index (χ0n) is 21.2. The highest BCUT2D eigenvalue weighted by Gasteiger charge is 2.46. The Kier molecular flexibility index (Phi) is 11.4. The number of nitrogens with zero attached hydrogens (tertiary/aromatic N) is 1. The largest absolute Gasteiger partial charge is 0.487 e. The van der Waals surface area contributed by atoms with Gasteiger partial charge in [0.2, 0.25) is 11.8 Å². The molecule has 206 valence electrons. The van der Waals surface area contributed by atoms with E-state index in [1.807, 2.05) is 12.1 Å². The molecule has 0 bridgehead atoms. The van der Waals surface area contributed by atoms with Crippen LogP contribution in [0.4, 0.5) is 0 Å². The molecule has 1 atom stereocenters. The Balaban J connectivity index is 1.77. The van der Waals surface area contributed by atoms with Gasteiger partial charge in [-0.05, 0) is 101 Å². The highest BCUT2D eigenvalue weighted by molar-refractivity contribution is 14.1. The second-order valence-corrected chi connectivity index (χ2v) is 12.4. The number of benzene rings is 2. The molecule has 0 spiro atoms. The highest BCUT2D eigenvalue weighted by atomic mass is 127. The minimum absolute atomic E-state index is 0.0606. The molecule has 2 aromatic carbocycles. The maximum atomic E-state index is 13.4. The summed E-state index contributed by atoms with van der Waals surface area (Å²) in [7, 11) is 0. The van der Waals surface area contributed by atoms with Crippen LogP contribution in [0.1, 0.15) is 50.7 Å². The first-order chi connectivity index (χ1) is 18.0. The first kappa shape index (κ1) is 31.2. The van der Waals surface area contributed by atoms with Gasteiger partial charge in [-0.3, -0.25) is 9.59 Å². The number of carboxylic acids is 1. The van der Waals surface area contributed by atoms with Gasteiger partial charge < -0.3 is 20.1 Å². The first-order valence-corrected chi connectivity index (χ1v) is 15.3. The summed E-state index contributed by atoms with van der Waals surface area (Å²) in [6.07, 6.45) is 2.49. The van der Waals surface area contributed by atoms with Crippen LogP contribution >= 0.6 is 68.4 Å². The van der Waals surface area contributed by atoms with Crippen LogP contribution in [0.5, 0.6) is 5.75 Å². The Morgan fingerprint density at radius 1 is 1.08 bits per heavy atom. The topological polar surface area (TPSA) is 95.9 Å². The molecule has 1 aliphatic rings. The van der Waals surface area contributed by atoms with Crippen molar-refractivity contribution in [3.8, 4) is 5.75 Å². The van der Waals surface area contributed by atoms with Crippen LogP contribution in [0, 0.1) is 12.6 Å². The van der Waals surface area contributed by atoms with E-state index in [9.17, 15) is 19.5 Å². The van der Waals surface area contributed by atoms with E-state index in [4.69, 9.17) is 27.9 Å². The van der Waals surface area contributed by atoms with Crippen molar-refractivity contribution in [3.63, 3.8) is 0 Å². The lowest BCUT2D eigenvalue weighted by molar-refractivity contribution is -0.153. The third-order valence-corrected chi connectivity index (χ3v) is 9.28. The van der Waals surface area contributed by atoms with Crippen molar-refractivity contribution < 1.29 is 24.2 Å². The monoisotopic (exact) mass is 786 g/mol. The molecule has 38 heavy (non-hydrogen) atoms. The number of hydrogen-bond donors (Lipinski definition) is 2. The van der Waals surface area contributed by atoms with Gasteiger partial charge in [-0.25, -0.2) is 4.79 Å². The maximum absolute atomic E-state index is 13.4. The summed E-state index contributed by atoms with van der Waals surface area (Å²) >= 11 is 16.8. The molecular weight excluding hydrogens is 757 g/mol. The molecule has 1 heterocycles. The Bertz CT molecular complexity index is 1160. The van der Waals surface area contributed by atoms with Gasteiger partial charge in [0.15, 0.2) is 0 Å². The van der Waals surface area contributed by atoms with Crippen LogP contribution in [-0.4, -0.2) is 46.9 Å². The van der Waals surface area contributed by atoms with Crippen molar-refractivity contribution in [1.29, 1.82) is 0 Å². The van der Waals surface area contributed by atoms with Gasteiger partial charge in [-0.2, -0.15) is 0 Å².